The summed E-state index contributed by atoms with van der Waals surface area (Å²) in [7, 11) is 0. The largest absolute Gasteiger partial charge is 0.394 e. The predicted octanol–water partition coefficient (Wildman–Crippen LogP) is -7.95. The van der Waals surface area contributed by atoms with Crippen LogP contribution in [0, 0.1) is 0 Å². The fourth-order valence-corrected chi connectivity index (χ4v) is 6.55. The number of ether oxygens (including phenoxy) is 4. The van der Waals surface area contributed by atoms with Crippen LogP contribution in [0.3, 0.4) is 0 Å². The minimum Gasteiger partial charge on any atom is -0.394 e. The summed E-state index contributed by atoms with van der Waals surface area (Å²) in [6, 6.07) is -4.31. The smallest absolute Gasteiger partial charge is 0.252 e. The molecule has 4 fully saturated rings. The summed E-state index contributed by atoms with van der Waals surface area (Å²) in [4.78, 5) is 13.1. The first kappa shape index (κ1) is 37.6. The molecule has 2 aliphatic heterocycles. The Morgan fingerprint density at radius 2 is 1.57 bits per heavy atom. The molecule has 0 spiro atoms. The van der Waals surface area contributed by atoms with Crippen molar-refractivity contribution in [3.63, 3.8) is 0 Å². The Labute approximate surface area is 266 Å². The number of aliphatic hydroxyl groups excluding tert-OH is 6. The van der Waals surface area contributed by atoms with Crippen LogP contribution in [0.1, 0.15) is 32.1 Å². The van der Waals surface area contributed by atoms with Crippen LogP contribution in [0.25, 0.3) is 0 Å². The highest BCUT2D eigenvalue weighted by molar-refractivity contribution is 5.86. The number of carbonyl (C=O) groups excluding carboxylic acids is 1. The van der Waals surface area contributed by atoms with Crippen LogP contribution in [0.4, 0.5) is 0 Å². The van der Waals surface area contributed by atoms with Gasteiger partial charge in [-0.25, -0.2) is 0 Å². The molecule has 0 aromatic rings. The molecule has 0 radical (unpaired) electrons. The van der Waals surface area contributed by atoms with Crippen LogP contribution < -0.4 is 39.3 Å². The zero-order chi connectivity index (χ0) is 33.9. The number of nitrogens with two attached hydrogens (primary N) is 5. The Hall–Kier alpha value is -1.21. The molecule has 46 heavy (non-hydrogen) atoms. The van der Waals surface area contributed by atoms with Crippen molar-refractivity contribution in [1.82, 2.24) is 10.6 Å². The van der Waals surface area contributed by atoms with Gasteiger partial charge >= 0.3 is 0 Å². The van der Waals surface area contributed by atoms with Crippen LogP contribution in [-0.2, 0) is 23.7 Å². The van der Waals surface area contributed by atoms with Gasteiger partial charge in [0.1, 0.15) is 42.2 Å². The SMILES string of the molecule is NCCC(O)CN[C@@H]1C[C@H](O)[C@@H](CN)O[C@@H]1O[C@H]1[C@H](O)[C@@H](O[C@H]2O[C@H](CO)[C@@H](O)[C@H](N)[C@H]2O)[C@H](NC(=O)C2(O)CC(N)C2)C[C@@H]1N. The normalized spacial score (nSPS) is 47.2. The van der Waals surface area contributed by atoms with E-state index in [1.165, 1.54) is 0 Å². The van der Waals surface area contributed by atoms with Gasteiger partial charge in [-0.2, -0.15) is 0 Å². The number of rotatable bonds is 13. The summed E-state index contributed by atoms with van der Waals surface area (Å²) in [5.41, 5.74) is 27.8. The van der Waals surface area contributed by atoms with E-state index < -0.39 is 110 Å². The average molecular weight is 668 g/mol. The van der Waals surface area contributed by atoms with Crippen LogP contribution in [0.5, 0.6) is 0 Å². The summed E-state index contributed by atoms with van der Waals surface area (Å²) < 4.78 is 23.8. The zero-order valence-corrected chi connectivity index (χ0v) is 25.7. The molecular weight excluding hydrogens is 614 g/mol. The van der Waals surface area contributed by atoms with E-state index in [2.05, 4.69) is 10.6 Å². The van der Waals surface area contributed by atoms with E-state index in [1.807, 2.05) is 0 Å². The Morgan fingerprint density at radius 3 is 2.17 bits per heavy atom. The van der Waals surface area contributed by atoms with E-state index >= 15 is 0 Å². The molecule has 0 aromatic heterocycles. The third-order valence-corrected chi connectivity index (χ3v) is 9.39. The summed E-state index contributed by atoms with van der Waals surface area (Å²) >= 11 is 0. The summed E-state index contributed by atoms with van der Waals surface area (Å²) in [5, 5.41) is 79.7. The van der Waals surface area contributed by atoms with E-state index in [0.717, 1.165) is 0 Å². The maximum absolute atomic E-state index is 13.1. The summed E-state index contributed by atoms with van der Waals surface area (Å²) in [6.45, 7) is -0.326. The minimum atomic E-state index is -1.73. The lowest BCUT2D eigenvalue weighted by atomic mass is 9.75. The fraction of sp³-hybridized carbons (Fsp3) is 0.963. The van der Waals surface area contributed by atoms with Gasteiger partial charge in [0, 0.05) is 38.0 Å². The molecule has 19 N–H and O–H groups in total. The van der Waals surface area contributed by atoms with Crippen LogP contribution in [0.15, 0.2) is 0 Å². The Bertz CT molecular complexity index is 983. The van der Waals surface area contributed by atoms with Gasteiger partial charge in [0.2, 0.25) is 0 Å². The van der Waals surface area contributed by atoms with Crippen molar-refractivity contribution in [2.45, 2.75) is 135 Å². The summed E-state index contributed by atoms with van der Waals surface area (Å²) in [5.74, 6) is -0.757. The van der Waals surface area contributed by atoms with Crippen molar-refractivity contribution in [1.29, 1.82) is 0 Å². The van der Waals surface area contributed by atoms with E-state index in [0.29, 0.717) is 6.42 Å². The van der Waals surface area contributed by atoms with Gasteiger partial charge in [0.15, 0.2) is 12.6 Å². The van der Waals surface area contributed by atoms with Crippen molar-refractivity contribution >= 4 is 5.91 Å². The first-order valence-corrected chi connectivity index (χ1v) is 15.8. The molecule has 268 valence electrons. The third kappa shape index (κ3) is 8.32. The number of hydrogen-bond acceptors (Lipinski definition) is 18. The average Bonchev–Trinajstić information content (AvgIpc) is 2.99. The second-order valence-electron chi connectivity index (χ2n) is 13.0. The molecule has 15 atom stereocenters. The number of amides is 1. The Balaban J connectivity index is 1.56. The Morgan fingerprint density at radius 1 is 0.913 bits per heavy atom. The summed E-state index contributed by atoms with van der Waals surface area (Å²) in [6.07, 6.45) is -13.2. The van der Waals surface area contributed by atoms with E-state index in [1.54, 1.807) is 0 Å². The molecule has 2 heterocycles. The van der Waals surface area contributed by atoms with Gasteiger partial charge in [-0.3, -0.25) is 4.79 Å². The lowest BCUT2D eigenvalue weighted by Gasteiger charge is -2.49. The highest BCUT2D eigenvalue weighted by Crippen LogP contribution is 2.34. The van der Waals surface area contributed by atoms with Crippen molar-refractivity contribution in [3.05, 3.63) is 0 Å². The lowest BCUT2D eigenvalue weighted by Crippen LogP contribution is -2.70. The van der Waals surface area contributed by atoms with Gasteiger partial charge in [-0.05, 0) is 25.8 Å². The number of carbonyl (C=O) groups is 1. The third-order valence-electron chi connectivity index (χ3n) is 9.39. The van der Waals surface area contributed by atoms with Crippen molar-refractivity contribution in [3.8, 4) is 0 Å². The molecule has 4 aliphatic rings. The zero-order valence-electron chi connectivity index (χ0n) is 25.7. The van der Waals surface area contributed by atoms with E-state index in [4.69, 9.17) is 47.6 Å². The molecule has 1 unspecified atom stereocenters. The van der Waals surface area contributed by atoms with Gasteiger partial charge in [0.25, 0.3) is 5.91 Å². The fourth-order valence-electron chi connectivity index (χ4n) is 6.55. The van der Waals surface area contributed by atoms with Gasteiger partial charge in [0.05, 0.1) is 43.0 Å². The molecule has 19 heteroatoms. The predicted molar refractivity (Wildman–Crippen MR) is 158 cm³/mol. The highest BCUT2D eigenvalue weighted by Gasteiger charge is 2.54. The van der Waals surface area contributed by atoms with Crippen molar-refractivity contribution < 1.29 is 59.5 Å². The maximum atomic E-state index is 13.1. The van der Waals surface area contributed by atoms with Crippen LogP contribution in [0.2, 0.25) is 0 Å². The first-order chi connectivity index (χ1) is 21.7. The second-order valence-corrected chi connectivity index (χ2v) is 13.0. The van der Waals surface area contributed by atoms with Gasteiger partial charge < -0.3 is 94.0 Å². The molecule has 1 amide bonds. The topological polar surface area (TPSA) is 350 Å². The molecule has 0 bridgehead atoms. The standard InChI is InChI=1S/C27H53N7O12/c28-2-1-11(36)8-33-14-4-15(37)16(7-29)43-24(14)45-22-12(31)3-13(34-26(41)27(42)5-10(30)6-27)23(21(22)40)46-25-20(39)18(32)19(38)17(9-35)44-25/h10-25,33,35-40,42H,1-9,28-32H2,(H,34,41)/t10?,11?,12-,13+,14+,15-,16+,17+,18-,19+,20+,21-,22+,23-,24+,25+,27?/m0/s1. The monoisotopic (exact) mass is 667 g/mol. The van der Waals surface area contributed by atoms with Crippen molar-refractivity contribution in [2.75, 3.05) is 26.2 Å². The minimum absolute atomic E-state index is 0.0222. The molecule has 2 saturated heterocycles. The number of nitrogens with one attached hydrogen (secondary N) is 2. The lowest BCUT2D eigenvalue weighted by molar-refractivity contribution is -0.316. The van der Waals surface area contributed by atoms with E-state index in [-0.39, 0.29) is 51.4 Å². The highest BCUT2D eigenvalue weighted by atomic mass is 16.7. The Kier molecular flexibility index (Phi) is 13.1. The van der Waals surface area contributed by atoms with Gasteiger partial charge in [-0.15, -0.1) is 0 Å². The van der Waals surface area contributed by atoms with Crippen LogP contribution >= 0.6 is 0 Å². The second kappa shape index (κ2) is 16.0. The number of hydrogen-bond donors (Lipinski definition) is 14. The maximum Gasteiger partial charge on any atom is 0.252 e. The molecular formula is C27H53N7O12. The quantitative estimate of drug-likeness (QED) is 0.0866. The number of aliphatic hydroxyl groups is 7. The van der Waals surface area contributed by atoms with Crippen molar-refractivity contribution in [2.24, 2.45) is 28.7 Å². The first-order valence-electron chi connectivity index (χ1n) is 15.8. The molecule has 4 rings (SSSR count). The van der Waals surface area contributed by atoms with Gasteiger partial charge in [-0.1, -0.05) is 0 Å². The van der Waals surface area contributed by atoms with Crippen LogP contribution in [-0.4, -0.2) is 171 Å². The molecule has 0 aromatic carbocycles. The molecule has 2 aliphatic carbocycles. The molecule has 19 nitrogen and oxygen atoms in total. The molecule has 2 saturated carbocycles. The van der Waals surface area contributed by atoms with E-state index in [9.17, 15) is 40.5 Å².